The summed E-state index contributed by atoms with van der Waals surface area (Å²) in [5.74, 6) is -1.15. The minimum absolute atomic E-state index is 0.00871. The molecule has 0 unspecified atom stereocenters. The summed E-state index contributed by atoms with van der Waals surface area (Å²) < 4.78 is 0. The Kier molecular flexibility index (Phi) is 3.28. The maximum absolute atomic E-state index is 11.9. The number of amides is 1. The highest BCUT2D eigenvalue weighted by Crippen LogP contribution is 2.29. The van der Waals surface area contributed by atoms with Gasteiger partial charge in [0.25, 0.3) is 0 Å². The second-order valence-electron chi connectivity index (χ2n) is 4.14. The van der Waals surface area contributed by atoms with E-state index in [0.29, 0.717) is 18.5 Å². The van der Waals surface area contributed by atoms with Crippen LogP contribution in [0.1, 0.15) is 24.0 Å². The fourth-order valence-electron chi connectivity index (χ4n) is 2.08. The molecule has 0 atom stereocenters. The number of nitrogens with zero attached hydrogens (tertiary/aromatic N) is 2. The third-order valence-corrected chi connectivity index (χ3v) is 2.96. The van der Waals surface area contributed by atoms with Crippen molar-refractivity contribution in [1.29, 1.82) is 5.26 Å². The highest BCUT2D eigenvalue weighted by molar-refractivity contribution is 5.96. The van der Waals surface area contributed by atoms with Gasteiger partial charge in [0.2, 0.25) is 5.91 Å². The van der Waals surface area contributed by atoms with Crippen LogP contribution in [0.4, 0.5) is 5.69 Å². The Hall–Kier alpha value is -2.35. The lowest BCUT2D eigenvalue weighted by Crippen LogP contribution is -2.29. The molecule has 1 heterocycles. The first-order valence-corrected chi connectivity index (χ1v) is 5.67. The fraction of sp³-hybridized carbons (Fsp3) is 0.308. The zero-order valence-electron chi connectivity index (χ0n) is 9.72. The molecular weight excluding hydrogens is 232 g/mol. The van der Waals surface area contributed by atoms with Gasteiger partial charge in [-0.25, -0.2) is 0 Å². The molecule has 1 aromatic rings. The van der Waals surface area contributed by atoms with Crippen LogP contribution >= 0.6 is 0 Å². The van der Waals surface area contributed by atoms with Gasteiger partial charge in [-0.1, -0.05) is 0 Å². The maximum Gasteiger partial charge on any atom is 0.303 e. The van der Waals surface area contributed by atoms with E-state index >= 15 is 0 Å². The summed E-state index contributed by atoms with van der Waals surface area (Å²) in [4.78, 5) is 23.9. The average Bonchev–Trinajstić information content (AvgIpc) is 2.78. The Morgan fingerprint density at radius 3 is 2.83 bits per heavy atom. The highest BCUT2D eigenvalue weighted by atomic mass is 16.4. The topological polar surface area (TPSA) is 81.4 Å². The number of carbonyl (C=O) groups is 2. The number of carboxylic acids is 1. The molecule has 0 spiro atoms. The Balaban J connectivity index is 2.14. The SMILES string of the molecule is N#Cc1ccc2c(c1)CCN2C(=O)CCC(=O)O. The summed E-state index contributed by atoms with van der Waals surface area (Å²) >= 11 is 0. The smallest absolute Gasteiger partial charge is 0.303 e. The molecule has 1 aromatic carbocycles. The van der Waals surface area contributed by atoms with Gasteiger partial charge in [-0.2, -0.15) is 5.26 Å². The van der Waals surface area contributed by atoms with E-state index in [9.17, 15) is 9.59 Å². The quantitative estimate of drug-likeness (QED) is 0.869. The zero-order valence-corrected chi connectivity index (χ0v) is 9.72. The molecule has 18 heavy (non-hydrogen) atoms. The lowest BCUT2D eigenvalue weighted by molar-refractivity contribution is -0.138. The van der Waals surface area contributed by atoms with Crippen molar-refractivity contribution < 1.29 is 14.7 Å². The van der Waals surface area contributed by atoms with E-state index in [4.69, 9.17) is 10.4 Å². The van der Waals surface area contributed by atoms with E-state index in [2.05, 4.69) is 6.07 Å². The first-order valence-electron chi connectivity index (χ1n) is 5.67. The minimum atomic E-state index is -0.970. The summed E-state index contributed by atoms with van der Waals surface area (Å²) in [5, 5.41) is 17.4. The van der Waals surface area contributed by atoms with Crippen molar-refractivity contribution in [2.24, 2.45) is 0 Å². The molecule has 1 amide bonds. The largest absolute Gasteiger partial charge is 0.481 e. The van der Waals surface area contributed by atoms with E-state index in [-0.39, 0.29) is 18.7 Å². The number of benzene rings is 1. The maximum atomic E-state index is 11.9. The third-order valence-electron chi connectivity index (χ3n) is 2.96. The van der Waals surface area contributed by atoms with E-state index in [1.807, 2.05) is 0 Å². The lowest BCUT2D eigenvalue weighted by atomic mass is 10.1. The Morgan fingerprint density at radius 1 is 1.39 bits per heavy atom. The molecule has 0 aliphatic carbocycles. The van der Waals surface area contributed by atoms with Gasteiger partial charge in [-0.3, -0.25) is 9.59 Å². The molecule has 5 nitrogen and oxygen atoms in total. The van der Waals surface area contributed by atoms with E-state index in [1.54, 1.807) is 23.1 Å². The van der Waals surface area contributed by atoms with Crippen LogP contribution in [-0.4, -0.2) is 23.5 Å². The predicted molar refractivity (Wildman–Crippen MR) is 64.1 cm³/mol. The Labute approximate surface area is 104 Å². The summed E-state index contributed by atoms with van der Waals surface area (Å²) in [6.45, 7) is 0.558. The molecule has 0 saturated heterocycles. The molecule has 1 aliphatic heterocycles. The molecule has 0 radical (unpaired) electrons. The molecule has 1 N–H and O–H groups in total. The van der Waals surface area contributed by atoms with E-state index in [0.717, 1.165) is 11.3 Å². The predicted octanol–water partition coefficient (Wildman–Crippen LogP) is 1.31. The molecule has 2 rings (SSSR count). The van der Waals surface area contributed by atoms with Crippen LogP contribution in [0.15, 0.2) is 18.2 Å². The second-order valence-corrected chi connectivity index (χ2v) is 4.14. The van der Waals surface area contributed by atoms with Crippen LogP contribution in [0.3, 0.4) is 0 Å². The van der Waals surface area contributed by atoms with Gasteiger partial charge < -0.3 is 10.0 Å². The van der Waals surface area contributed by atoms with Crippen LogP contribution in [0.5, 0.6) is 0 Å². The first-order chi connectivity index (χ1) is 8.61. The van der Waals surface area contributed by atoms with Crippen LogP contribution in [0, 0.1) is 11.3 Å². The number of rotatable bonds is 3. The van der Waals surface area contributed by atoms with E-state index in [1.165, 1.54) is 0 Å². The summed E-state index contributed by atoms with van der Waals surface area (Å²) in [7, 11) is 0. The summed E-state index contributed by atoms with van der Waals surface area (Å²) in [6, 6.07) is 7.26. The van der Waals surface area contributed by atoms with Gasteiger partial charge >= 0.3 is 5.97 Å². The van der Waals surface area contributed by atoms with Crippen molar-refractivity contribution in [3.63, 3.8) is 0 Å². The van der Waals surface area contributed by atoms with Crippen molar-refractivity contribution in [3.05, 3.63) is 29.3 Å². The molecule has 0 saturated carbocycles. The number of carboxylic acid groups (broad SMARTS) is 1. The van der Waals surface area contributed by atoms with Gasteiger partial charge in [-0.15, -0.1) is 0 Å². The Bertz CT molecular complexity index is 546. The molecule has 92 valence electrons. The standard InChI is InChI=1S/C13H12N2O3/c14-8-9-1-2-11-10(7-9)5-6-15(11)12(16)3-4-13(17)18/h1-2,7H,3-6H2,(H,17,18). The zero-order chi connectivity index (χ0) is 13.1. The molecular formula is C13H12N2O3. The van der Waals surface area contributed by atoms with Gasteiger partial charge in [-0.05, 0) is 30.2 Å². The molecule has 1 aliphatic rings. The molecule has 5 heteroatoms. The monoisotopic (exact) mass is 244 g/mol. The molecule has 0 fully saturated rings. The van der Waals surface area contributed by atoms with Crippen molar-refractivity contribution in [2.75, 3.05) is 11.4 Å². The van der Waals surface area contributed by atoms with Crippen LogP contribution < -0.4 is 4.90 Å². The highest BCUT2D eigenvalue weighted by Gasteiger charge is 2.24. The average molecular weight is 244 g/mol. The van der Waals surface area contributed by atoms with E-state index < -0.39 is 5.97 Å². The van der Waals surface area contributed by atoms with Crippen molar-refractivity contribution in [3.8, 4) is 6.07 Å². The molecule has 0 aromatic heterocycles. The number of aliphatic carboxylic acids is 1. The van der Waals surface area contributed by atoms with Gasteiger partial charge in [0.1, 0.15) is 0 Å². The summed E-state index contributed by atoms with van der Waals surface area (Å²) in [5.41, 5.74) is 2.34. The van der Waals surface area contributed by atoms with Crippen molar-refractivity contribution >= 4 is 17.6 Å². The van der Waals surface area contributed by atoms with Crippen molar-refractivity contribution in [2.45, 2.75) is 19.3 Å². The number of hydrogen-bond acceptors (Lipinski definition) is 3. The van der Waals surface area contributed by atoms with Crippen molar-refractivity contribution in [1.82, 2.24) is 0 Å². The first kappa shape index (κ1) is 12.1. The number of nitriles is 1. The van der Waals surface area contributed by atoms with Crippen LogP contribution in [0.2, 0.25) is 0 Å². The minimum Gasteiger partial charge on any atom is -0.481 e. The fourth-order valence-corrected chi connectivity index (χ4v) is 2.08. The molecule has 0 bridgehead atoms. The third kappa shape index (κ3) is 2.33. The normalized spacial score (nSPS) is 12.9. The van der Waals surface area contributed by atoms with Crippen LogP contribution in [0.25, 0.3) is 0 Å². The second kappa shape index (κ2) is 4.88. The number of anilines is 1. The number of carbonyl (C=O) groups excluding carboxylic acids is 1. The summed E-state index contributed by atoms with van der Waals surface area (Å²) in [6.07, 6.45) is 0.569. The van der Waals surface area contributed by atoms with Gasteiger partial charge in [0.15, 0.2) is 0 Å². The van der Waals surface area contributed by atoms with Crippen LogP contribution in [-0.2, 0) is 16.0 Å². The lowest BCUT2D eigenvalue weighted by Gasteiger charge is -2.16. The number of fused-ring (bicyclic) bond motifs is 1. The number of hydrogen-bond donors (Lipinski definition) is 1. The van der Waals surface area contributed by atoms with Gasteiger partial charge in [0, 0.05) is 18.7 Å². The Morgan fingerprint density at radius 2 is 2.17 bits per heavy atom. The van der Waals surface area contributed by atoms with Gasteiger partial charge in [0.05, 0.1) is 18.1 Å².